The number of Topliss-reactive ketones (excluding diaryl/α,β-unsaturated/α-hetero) is 1. The lowest BCUT2D eigenvalue weighted by Crippen LogP contribution is -2.14. The van der Waals surface area contributed by atoms with Gasteiger partial charge in [-0.1, -0.05) is 12.1 Å². The van der Waals surface area contributed by atoms with Crippen LogP contribution in [-0.2, 0) is 10.0 Å². The lowest BCUT2D eigenvalue weighted by atomic mass is 10.2. The van der Waals surface area contributed by atoms with E-state index in [1.165, 1.54) is 45.4 Å². The van der Waals surface area contributed by atoms with Gasteiger partial charge in [-0.25, -0.2) is 8.42 Å². The van der Waals surface area contributed by atoms with E-state index in [0.29, 0.717) is 17.1 Å². The van der Waals surface area contributed by atoms with Crippen molar-refractivity contribution in [2.24, 2.45) is 0 Å². The van der Waals surface area contributed by atoms with E-state index in [9.17, 15) is 13.2 Å². The molecule has 2 aromatic rings. The molecular formula is C17H19NO5S. The number of aryl methyl sites for hydroxylation is 1. The highest BCUT2D eigenvalue weighted by Crippen LogP contribution is 2.33. The van der Waals surface area contributed by atoms with Gasteiger partial charge in [-0.15, -0.1) is 0 Å². The third-order valence-corrected chi connectivity index (χ3v) is 4.91. The first-order valence-corrected chi connectivity index (χ1v) is 8.63. The minimum Gasteiger partial charge on any atom is -0.496 e. The Bertz CT molecular complexity index is 857. The number of nitrogens with one attached hydrogen (secondary N) is 1. The first-order valence-electron chi connectivity index (χ1n) is 7.15. The maximum Gasteiger partial charge on any atom is 0.262 e. The number of benzene rings is 2. The van der Waals surface area contributed by atoms with Crippen molar-refractivity contribution in [2.75, 3.05) is 18.9 Å². The van der Waals surface area contributed by atoms with E-state index < -0.39 is 10.0 Å². The minimum absolute atomic E-state index is 0.0501. The molecule has 0 aliphatic carbocycles. The summed E-state index contributed by atoms with van der Waals surface area (Å²) in [5.41, 5.74) is 1.54. The highest BCUT2D eigenvalue weighted by molar-refractivity contribution is 7.92. The molecule has 0 aliphatic rings. The molecule has 0 amide bonds. The normalized spacial score (nSPS) is 11.0. The number of carbonyl (C=O) groups excluding carboxylic acids is 1. The van der Waals surface area contributed by atoms with Gasteiger partial charge in [-0.2, -0.15) is 0 Å². The molecule has 0 saturated carbocycles. The number of ether oxygens (including phenoxy) is 2. The van der Waals surface area contributed by atoms with Gasteiger partial charge in [0.05, 0.1) is 24.8 Å². The maximum absolute atomic E-state index is 12.5. The van der Waals surface area contributed by atoms with Crippen molar-refractivity contribution in [3.63, 3.8) is 0 Å². The molecule has 0 bridgehead atoms. The summed E-state index contributed by atoms with van der Waals surface area (Å²) in [7, 11) is -0.857. The van der Waals surface area contributed by atoms with Crippen LogP contribution in [0.5, 0.6) is 11.5 Å². The number of methoxy groups -OCH3 is 2. The summed E-state index contributed by atoms with van der Waals surface area (Å²) in [6.07, 6.45) is 0. The quantitative estimate of drug-likeness (QED) is 0.811. The van der Waals surface area contributed by atoms with E-state index in [-0.39, 0.29) is 16.4 Å². The standard InChI is InChI=1S/C17H19NO5S/c1-11-9-17(23-4)15(10-16(11)22-3)18-24(20,21)14-7-5-13(6-8-14)12(2)19/h5-10,18H,1-4H3. The second-order valence-electron chi connectivity index (χ2n) is 5.21. The van der Waals surface area contributed by atoms with Crippen LogP contribution in [0.4, 0.5) is 5.69 Å². The first-order chi connectivity index (χ1) is 11.3. The number of carbonyl (C=O) groups is 1. The molecule has 0 fully saturated rings. The van der Waals surface area contributed by atoms with Crippen LogP contribution < -0.4 is 14.2 Å². The van der Waals surface area contributed by atoms with Crippen molar-refractivity contribution >= 4 is 21.5 Å². The van der Waals surface area contributed by atoms with Crippen molar-refractivity contribution in [1.29, 1.82) is 0 Å². The molecule has 7 heteroatoms. The van der Waals surface area contributed by atoms with Gasteiger partial charge in [0.15, 0.2) is 5.78 Å². The Morgan fingerprint density at radius 1 is 1.00 bits per heavy atom. The van der Waals surface area contributed by atoms with Gasteiger partial charge in [0.25, 0.3) is 10.0 Å². The zero-order chi connectivity index (χ0) is 17.9. The fraction of sp³-hybridized carbons (Fsp3) is 0.235. The third-order valence-electron chi connectivity index (χ3n) is 3.53. The fourth-order valence-corrected chi connectivity index (χ4v) is 3.26. The summed E-state index contributed by atoms with van der Waals surface area (Å²) >= 11 is 0. The summed E-state index contributed by atoms with van der Waals surface area (Å²) in [6.45, 7) is 3.26. The Morgan fingerprint density at radius 2 is 1.58 bits per heavy atom. The number of hydrogen-bond donors (Lipinski definition) is 1. The topological polar surface area (TPSA) is 81.7 Å². The molecular weight excluding hydrogens is 330 g/mol. The molecule has 0 aliphatic heterocycles. The fourth-order valence-electron chi connectivity index (χ4n) is 2.20. The van der Waals surface area contributed by atoms with Crippen LogP contribution in [0.2, 0.25) is 0 Å². The zero-order valence-electron chi connectivity index (χ0n) is 13.9. The van der Waals surface area contributed by atoms with Gasteiger partial charge in [0.2, 0.25) is 0 Å². The third kappa shape index (κ3) is 3.68. The van der Waals surface area contributed by atoms with Crippen molar-refractivity contribution in [3.05, 3.63) is 47.5 Å². The lowest BCUT2D eigenvalue weighted by molar-refractivity contribution is 0.101. The SMILES string of the molecule is COc1cc(NS(=O)(=O)c2ccc(C(C)=O)cc2)c(OC)cc1C. The molecule has 0 atom stereocenters. The van der Waals surface area contributed by atoms with Crippen LogP contribution in [0.3, 0.4) is 0 Å². The molecule has 24 heavy (non-hydrogen) atoms. The van der Waals surface area contributed by atoms with Crippen LogP contribution in [-0.4, -0.2) is 28.4 Å². The minimum atomic E-state index is -3.82. The molecule has 0 saturated heterocycles. The van der Waals surface area contributed by atoms with Crippen LogP contribution in [0.15, 0.2) is 41.3 Å². The van der Waals surface area contributed by atoms with Gasteiger partial charge in [0.1, 0.15) is 11.5 Å². The zero-order valence-corrected chi connectivity index (χ0v) is 14.7. The Kier molecular flexibility index (Phi) is 5.14. The van der Waals surface area contributed by atoms with Crippen molar-refractivity contribution < 1.29 is 22.7 Å². The smallest absolute Gasteiger partial charge is 0.262 e. The number of sulfonamides is 1. The second-order valence-corrected chi connectivity index (χ2v) is 6.89. The Balaban J connectivity index is 2.40. The molecule has 1 N–H and O–H groups in total. The number of anilines is 1. The van der Waals surface area contributed by atoms with Gasteiger partial charge in [-0.3, -0.25) is 9.52 Å². The number of rotatable bonds is 6. The van der Waals surface area contributed by atoms with E-state index in [4.69, 9.17) is 9.47 Å². The Labute approximate surface area is 141 Å². The van der Waals surface area contributed by atoms with Crippen molar-refractivity contribution in [2.45, 2.75) is 18.7 Å². The molecule has 0 heterocycles. The molecule has 128 valence electrons. The molecule has 6 nitrogen and oxygen atoms in total. The Hall–Kier alpha value is -2.54. The first kappa shape index (κ1) is 17.8. The van der Waals surface area contributed by atoms with Gasteiger partial charge in [0, 0.05) is 11.6 Å². The van der Waals surface area contributed by atoms with E-state index >= 15 is 0 Å². The summed E-state index contributed by atoms with van der Waals surface area (Å²) in [5.74, 6) is 0.800. The summed E-state index contributed by atoms with van der Waals surface area (Å²) < 4.78 is 38.0. The average molecular weight is 349 g/mol. The predicted molar refractivity (Wildman–Crippen MR) is 91.5 cm³/mol. The molecule has 0 spiro atoms. The van der Waals surface area contributed by atoms with Gasteiger partial charge in [-0.05, 0) is 37.6 Å². The van der Waals surface area contributed by atoms with E-state index in [0.717, 1.165) is 5.56 Å². The molecule has 2 rings (SSSR count). The highest BCUT2D eigenvalue weighted by atomic mass is 32.2. The number of ketones is 1. The van der Waals surface area contributed by atoms with Crippen LogP contribution in [0, 0.1) is 6.92 Å². The predicted octanol–water partition coefficient (Wildman–Crippen LogP) is 3.02. The summed E-state index contributed by atoms with van der Waals surface area (Å²) in [5, 5.41) is 0. The van der Waals surface area contributed by atoms with Crippen molar-refractivity contribution in [1.82, 2.24) is 0 Å². The maximum atomic E-state index is 12.5. The average Bonchev–Trinajstić information content (AvgIpc) is 2.55. The van der Waals surface area contributed by atoms with Crippen LogP contribution in [0.25, 0.3) is 0 Å². The van der Waals surface area contributed by atoms with Gasteiger partial charge >= 0.3 is 0 Å². The molecule has 0 unspecified atom stereocenters. The lowest BCUT2D eigenvalue weighted by Gasteiger charge is -2.15. The number of hydrogen-bond acceptors (Lipinski definition) is 5. The summed E-state index contributed by atoms with van der Waals surface area (Å²) in [4.78, 5) is 11.3. The molecule has 0 aromatic heterocycles. The monoisotopic (exact) mass is 349 g/mol. The van der Waals surface area contributed by atoms with E-state index in [1.54, 1.807) is 12.1 Å². The van der Waals surface area contributed by atoms with Crippen molar-refractivity contribution in [3.8, 4) is 11.5 Å². The van der Waals surface area contributed by atoms with E-state index in [1.807, 2.05) is 6.92 Å². The second kappa shape index (κ2) is 6.92. The largest absolute Gasteiger partial charge is 0.496 e. The molecule has 2 aromatic carbocycles. The van der Waals surface area contributed by atoms with E-state index in [2.05, 4.69) is 4.72 Å². The summed E-state index contributed by atoms with van der Waals surface area (Å²) in [6, 6.07) is 8.98. The molecule has 0 radical (unpaired) electrons. The van der Waals surface area contributed by atoms with Gasteiger partial charge < -0.3 is 9.47 Å². The van der Waals surface area contributed by atoms with Crippen LogP contribution >= 0.6 is 0 Å². The van der Waals surface area contributed by atoms with Crippen LogP contribution in [0.1, 0.15) is 22.8 Å². The highest BCUT2D eigenvalue weighted by Gasteiger charge is 2.18. The Morgan fingerprint density at radius 3 is 2.08 bits per heavy atom.